The Bertz CT molecular complexity index is 4920. The van der Waals surface area contributed by atoms with Gasteiger partial charge in [-0.2, -0.15) is 0 Å². The first kappa shape index (κ1) is 115. The van der Waals surface area contributed by atoms with Crippen molar-refractivity contribution in [3.63, 3.8) is 0 Å². The second-order valence-electron chi connectivity index (χ2n) is 47.4. The summed E-state index contributed by atoms with van der Waals surface area (Å²) in [5, 5.41) is 73.9. The molecule has 7 N–H and O–H groups in total. The molecule has 0 aliphatic rings. The summed E-state index contributed by atoms with van der Waals surface area (Å²) < 4.78 is 0. The smallest absolute Gasteiger partial charge is 0.119 e. The minimum atomic E-state index is -0.979. The molecule has 0 aliphatic carbocycles. The highest BCUT2D eigenvalue weighted by Crippen LogP contribution is 2.38. The van der Waals surface area contributed by atoms with Gasteiger partial charge in [0.25, 0.3) is 0 Å². The van der Waals surface area contributed by atoms with Crippen LogP contribution in [0, 0.1) is 69.2 Å². The summed E-state index contributed by atoms with van der Waals surface area (Å²) in [6.45, 7) is 82.5. The number of rotatable bonds is 24. The average molecular weight is 1880 g/mol. The highest BCUT2D eigenvalue weighted by atomic mass is 28.3. The summed E-state index contributed by atoms with van der Waals surface area (Å²) in [4.78, 5) is 0. The lowest BCUT2D eigenvalue weighted by molar-refractivity contribution is 0.445. The van der Waals surface area contributed by atoms with Gasteiger partial charge in [-0.1, -0.05) is 368 Å². The Morgan fingerprint density at radius 1 is 0.215 bits per heavy atom. The number of hydrogen-bond donors (Lipinski definition) is 7. The van der Waals surface area contributed by atoms with Gasteiger partial charge in [0.15, 0.2) is 0 Å². The highest BCUT2D eigenvalue weighted by molar-refractivity contribution is 6.77. The second kappa shape index (κ2) is 50.1. The molecular formula is C116H180O7Si7. The molecular weight excluding hydrogens is 1700 g/mol. The third-order valence-corrected chi connectivity index (χ3v) is 38.4. The van der Waals surface area contributed by atoms with Crippen LogP contribution in [-0.4, -0.2) is 96.6 Å². The molecule has 0 spiro atoms. The summed E-state index contributed by atoms with van der Waals surface area (Å²) >= 11 is 0. The molecule has 0 saturated carbocycles. The number of phenolic OH excluding ortho intramolecular Hbond substituents is 7. The summed E-state index contributed by atoms with van der Waals surface area (Å²) in [6.07, 6.45) is 7.93. The quantitative estimate of drug-likeness (QED) is 0.0299. The Kier molecular flexibility index (Phi) is 44.1. The predicted molar refractivity (Wildman–Crippen MR) is 594 cm³/mol. The van der Waals surface area contributed by atoms with Gasteiger partial charge in [-0.3, -0.25) is 0 Å². The Balaban J connectivity index is 0.000000319. The Hall–Kier alpha value is -7.68. The van der Waals surface area contributed by atoms with E-state index in [1.165, 1.54) is 126 Å². The maximum Gasteiger partial charge on any atom is 0.119 e. The summed E-state index contributed by atoms with van der Waals surface area (Å²) in [7, 11) is -4.55. The number of benzene rings is 10. The first-order valence-corrected chi connectivity index (χ1v) is 68.5. The van der Waals surface area contributed by atoms with E-state index in [0.29, 0.717) is 40.2 Å². The SMILES string of the molecule is CC(C)(C)c1cc(CC[Si](C)(C)C)ccc1O.CC(C)(C)c1cc(CC[Si](C)(C)C)ccc1O.CC(C)(C)c1cc(CC[Si](C)(C)C)ccc1O.Cc1c(O)ccc(CC[Si](C)(C)C)c1C.Cc1cc(CC[SiH2]c2cccc(C)c2C)c(C)cc1O.Cc1cccc([SiH2]CCc2ccc(O)c(C(C)(C)C)c2)c1C.Cc1cccc([SiH2]CCc2ccc(O)c(C(C)(C)C)c2)c1C. The first-order valence-electron chi connectivity index (χ1n) is 48.5. The zero-order chi connectivity index (χ0) is 98.8. The molecule has 0 aromatic heterocycles. The van der Waals surface area contributed by atoms with E-state index in [1.807, 2.05) is 56.3 Å². The van der Waals surface area contributed by atoms with Crippen LogP contribution in [0.5, 0.6) is 40.2 Å². The fourth-order valence-corrected chi connectivity index (χ4v) is 25.6. The summed E-state index contributed by atoms with van der Waals surface area (Å²) in [6, 6.07) is 67.5. The third-order valence-electron chi connectivity index (χ3n) is 25.4. The molecule has 0 bridgehead atoms. The molecule has 0 amide bonds. The molecule has 714 valence electrons. The van der Waals surface area contributed by atoms with E-state index < -0.39 is 32.3 Å². The van der Waals surface area contributed by atoms with Gasteiger partial charge < -0.3 is 35.7 Å². The van der Waals surface area contributed by atoms with Crippen molar-refractivity contribution in [2.45, 2.75) is 366 Å². The molecule has 0 radical (unpaired) electrons. The number of aromatic hydroxyl groups is 7. The normalized spacial score (nSPS) is 12.3. The zero-order valence-electron chi connectivity index (χ0n) is 88.8. The van der Waals surface area contributed by atoms with Gasteiger partial charge in [0.1, 0.15) is 40.2 Å². The van der Waals surface area contributed by atoms with Crippen LogP contribution in [0.25, 0.3) is 0 Å². The third kappa shape index (κ3) is 41.0. The minimum Gasteiger partial charge on any atom is -0.508 e. The lowest BCUT2D eigenvalue weighted by Crippen LogP contribution is -2.20. The van der Waals surface area contributed by atoms with E-state index in [1.54, 1.807) is 15.6 Å². The van der Waals surface area contributed by atoms with Gasteiger partial charge in [-0.25, -0.2) is 0 Å². The molecule has 130 heavy (non-hydrogen) atoms. The van der Waals surface area contributed by atoms with Gasteiger partial charge in [0, 0.05) is 32.3 Å². The maximum absolute atomic E-state index is 10.0. The molecule has 0 heterocycles. The standard InChI is InChI=1S/2C20H28OSi.C18H24OSi.3C15H26OSi.C13H22OSi/c2*1-14-7-6-8-19(15(14)2)22-12-11-16-9-10-18(21)17(13-16)20(3,4)5;1-12-6-5-7-18(15(12)4)20-9-8-16-10-14(3)17(19)11-13(16)2;3*1-15(2,3)13-11-12(7-8-14(13)16)9-10-17(4,5)6;1-10-11(2)13(14)7-6-12(10)8-9-15(3,4)5/h2*6-10,13,21H,11-12,22H2,1-5H3;5-7,10-11,19H,8-9,20H2,1-4H3;3*7-8,11,16H,9-10H2,1-6H3;6-7,14H,8-9H2,1-5H3. The van der Waals surface area contributed by atoms with E-state index in [0.717, 1.165) is 83.9 Å². The van der Waals surface area contributed by atoms with E-state index in [9.17, 15) is 35.7 Å². The fourth-order valence-electron chi connectivity index (χ4n) is 15.7. The van der Waals surface area contributed by atoms with Crippen molar-refractivity contribution in [2.75, 3.05) is 0 Å². The van der Waals surface area contributed by atoms with Crippen LogP contribution in [0.2, 0.25) is 121 Å². The van der Waals surface area contributed by atoms with Crippen molar-refractivity contribution in [1.29, 1.82) is 0 Å². The van der Waals surface area contributed by atoms with Crippen molar-refractivity contribution < 1.29 is 35.7 Å². The predicted octanol–water partition coefficient (Wildman–Crippen LogP) is 28.2. The molecule has 0 fully saturated rings. The molecule has 0 aliphatic heterocycles. The van der Waals surface area contributed by atoms with E-state index >= 15 is 0 Å². The molecule has 14 heteroatoms. The Morgan fingerprint density at radius 3 is 0.723 bits per heavy atom. The maximum atomic E-state index is 10.0. The Labute approximate surface area is 804 Å². The van der Waals surface area contributed by atoms with Crippen LogP contribution < -0.4 is 15.6 Å². The van der Waals surface area contributed by atoms with Crippen LogP contribution in [-0.2, 0) is 72.0 Å². The minimum absolute atomic E-state index is 0.00927. The number of hydrogen-bond acceptors (Lipinski definition) is 7. The van der Waals surface area contributed by atoms with Crippen LogP contribution in [0.4, 0.5) is 0 Å². The van der Waals surface area contributed by atoms with Crippen molar-refractivity contribution in [3.8, 4) is 40.2 Å². The topological polar surface area (TPSA) is 142 Å². The monoisotopic (exact) mass is 1880 g/mol. The average Bonchev–Trinajstić information content (AvgIpc) is 0.830. The first-order chi connectivity index (χ1) is 59.7. The van der Waals surface area contributed by atoms with E-state index in [2.05, 4.69) is 365 Å². The summed E-state index contributed by atoms with van der Waals surface area (Å²) in [5.41, 5.74) is 28.0. The lowest BCUT2D eigenvalue weighted by atomic mass is 9.85. The van der Waals surface area contributed by atoms with Crippen LogP contribution in [0.15, 0.2) is 170 Å². The van der Waals surface area contributed by atoms with Gasteiger partial charge in [0.2, 0.25) is 0 Å². The fraction of sp³-hybridized carbons (Fsp3) is 0.483. The molecule has 0 unspecified atom stereocenters. The van der Waals surface area contributed by atoms with E-state index in [-0.39, 0.29) is 55.6 Å². The largest absolute Gasteiger partial charge is 0.508 e. The van der Waals surface area contributed by atoms with Crippen molar-refractivity contribution >= 4 is 76.4 Å². The zero-order valence-corrected chi connectivity index (χ0v) is 97.1. The summed E-state index contributed by atoms with van der Waals surface area (Å²) in [5.74, 6) is 2.95. The van der Waals surface area contributed by atoms with Crippen LogP contribution in [0.3, 0.4) is 0 Å². The van der Waals surface area contributed by atoms with Gasteiger partial charge >= 0.3 is 0 Å². The van der Waals surface area contributed by atoms with Crippen molar-refractivity contribution in [3.05, 3.63) is 292 Å². The number of aryl methyl sites for hydroxylation is 12. The highest BCUT2D eigenvalue weighted by Gasteiger charge is 2.26. The lowest BCUT2D eigenvalue weighted by Gasteiger charge is -2.22. The van der Waals surface area contributed by atoms with Crippen molar-refractivity contribution in [1.82, 2.24) is 0 Å². The molecule has 7 nitrogen and oxygen atoms in total. The molecule has 0 atom stereocenters. The van der Waals surface area contributed by atoms with Crippen LogP contribution >= 0.6 is 0 Å². The molecule has 10 aromatic rings. The molecule has 10 aromatic carbocycles. The van der Waals surface area contributed by atoms with Gasteiger partial charge in [0.05, 0.1) is 28.6 Å². The van der Waals surface area contributed by atoms with Crippen molar-refractivity contribution in [2.24, 2.45) is 0 Å². The molecule has 10 rings (SSSR count). The Morgan fingerprint density at radius 2 is 0.462 bits per heavy atom. The van der Waals surface area contributed by atoms with E-state index in [4.69, 9.17) is 0 Å². The van der Waals surface area contributed by atoms with Gasteiger partial charge in [-0.05, 0) is 306 Å². The second-order valence-corrected chi connectivity index (χ2v) is 75.8. The van der Waals surface area contributed by atoms with Gasteiger partial charge in [-0.15, -0.1) is 0 Å². The molecule has 0 saturated heterocycles. The van der Waals surface area contributed by atoms with Crippen LogP contribution in [0.1, 0.15) is 226 Å². The number of phenols is 7.